The summed E-state index contributed by atoms with van der Waals surface area (Å²) in [5, 5.41) is 15.2. The lowest BCUT2D eigenvalue weighted by atomic mass is 9.85. The van der Waals surface area contributed by atoms with Gasteiger partial charge in [-0.3, -0.25) is 4.79 Å². The third-order valence-electron chi connectivity index (χ3n) is 4.11. The van der Waals surface area contributed by atoms with E-state index in [0.717, 1.165) is 38.6 Å². The van der Waals surface area contributed by atoms with Crippen LogP contribution in [0, 0.1) is 11.3 Å². The Kier molecular flexibility index (Phi) is 5.60. The molecule has 6 N–H and O–H groups in total. The van der Waals surface area contributed by atoms with Gasteiger partial charge in [0.15, 0.2) is 0 Å². The molecule has 0 spiro atoms. The van der Waals surface area contributed by atoms with Crippen molar-refractivity contribution in [3.05, 3.63) is 0 Å². The van der Waals surface area contributed by atoms with Crippen LogP contribution in [0.1, 0.15) is 46.0 Å². The van der Waals surface area contributed by atoms with E-state index < -0.39 is 0 Å². The molecule has 0 unspecified atom stereocenters. The first-order valence-corrected chi connectivity index (χ1v) is 6.87. The third-order valence-corrected chi connectivity index (χ3v) is 4.11. The summed E-state index contributed by atoms with van der Waals surface area (Å²) in [6, 6.07) is 0.443. The van der Waals surface area contributed by atoms with E-state index in [2.05, 4.69) is 10.5 Å². The number of hydrogen-bond donors (Lipinski definition) is 4. The van der Waals surface area contributed by atoms with Crippen LogP contribution in [0.5, 0.6) is 0 Å². The predicted octanol–water partition coefficient (Wildman–Crippen LogP) is 0.783. The maximum atomic E-state index is 11.1. The molecule has 1 rings (SSSR count). The summed E-state index contributed by atoms with van der Waals surface area (Å²) in [5.41, 5.74) is 10.6. The second kappa shape index (κ2) is 6.75. The molecule has 0 aromatic rings. The van der Waals surface area contributed by atoms with Crippen molar-refractivity contribution < 1.29 is 10.0 Å². The van der Waals surface area contributed by atoms with Gasteiger partial charge in [0.05, 0.1) is 0 Å². The molecule has 1 fully saturated rings. The summed E-state index contributed by atoms with van der Waals surface area (Å²) in [4.78, 5) is 11.1. The summed E-state index contributed by atoms with van der Waals surface area (Å²) in [7, 11) is 0. The van der Waals surface area contributed by atoms with Gasteiger partial charge in [-0.25, -0.2) is 0 Å². The highest BCUT2D eigenvalue weighted by Gasteiger charge is 2.26. The number of nitrogens with zero attached hydrogens (tertiary/aromatic N) is 1. The molecule has 0 atom stereocenters. The van der Waals surface area contributed by atoms with Crippen molar-refractivity contribution in [3.63, 3.8) is 0 Å². The molecule has 1 saturated carbocycles. The van der Waals surface area contributed by atoms with Crippen molar-refractivity contribution in [2.45, 2.75) is 52.0 Å². The lowest BCUT2D eigenvalue weighted by Crippen LogP contribution is -2.40. The van der Waals surface area contributed by atoms with Gasteiger partial charge >= 0.3 is 0 Å². The van der Waals surface area contributed by atoms with Gasteiger partial charge in [0.1, 0.15) is 5.84 Å². The molecule has 6 nitrogen and oxygen atoms in total. The predicted molar refractivity (Wildman–Crippen MR) is 74.8 cm³/mol. The Morgan fingerprint density at radius 3 is 2.37 bits per heavy atom. The van der Waals surface area contributed by atoms with Crippen LogP contribution in [0.3, 0.4) is 0 Å². The quantitative estimate of drug-likeness (QED) is 0.247. The van der Waals surface area contributed by atoms with Gasteiger partial charge in [0, 0.05) is 17.4 Å². The van der Waals surface area contributed by atoms with Gasteiger partial charge in [0.2, 0.25) is 5.91 Å². The van der Waals surface area contributed by atoms with Crippen LogP contribution >= 0.6 is 0 Å². The lowest BCUT2D eigenvalue weighted by molar-refractivity contribution is -0.122. The fraction of sp³-hybridized carbons (Fsp3) is 0.846. The molecule has 19 heavy (non-hydrogen) atoms. The number of carbonyl (C=O) groups excluding carboxylic acids is 1. The number of oxime groups is 1. The fourth-order valence-electron chi connectivity index (χ4n) is 2.43. The summed E-state index contributed by atoms with van der Waals surface area (Å²) < 4.78 is 0. The van der Waals surface area contributed by atoms with Crippen molar-refractivity contribution in [1.29, 1.82) is 0 Å². The first kappa shape index (κ1) is 15.8. The summed E-state index contributed by atoms with van der Waals surface area (Å²) in [6.07, 6.45) is 4.51. The monoisotopic (exact) mass is 270 g/mol. The van der Waals surface area contributed by atoms with Gasteiger partial charge in [-0.05, 0) is 38.6 Å². The molecule has 0 radical (unpaired) electrons. The Balaban J connectivity index is 2.26. The Morgan fingerprint density at radius 1 is 1.32 bits per heavy atom. The van der Waals surface area contributed by atoms with E-state index in [1.54, 1.807) is 0 Å². The number of nitrogens with one attached hydrogen (secondary N) is 1. The van der Waals surface area contributed by atoms with Crippen LogP contribution in [0.25, 0.3) is 0 Å². The molecule has 6 heteroatoms. The van der Waals surface area contributed by atoms with Crippen LogP contribution in [0.4, 0.5) is 0 Å². The molecule has 0 aliphatic heterocycles. The molecule has 1 aliphatic carbocycles. The Bertz CT molecular complexity index is 334. The number of amidine groups is 1. The first-order chi connectivity index (χ1) is 8.86. The van der Waals surface area contributed by atoms with E-state index in [1.165, 1.54) is 0 Å². The molecule has 0 saturated heterocycles. The van der Waals surface area contributed by atoms with Gasteiger partial charge in [-0.1, -0.05) is 19.0 Å². The standard InChI is InChI=1S/C13H26N4O2/c1-13(2,12(15)17-19)7-8-16-10-5-3-9(4-6-10)11(14)18/h9-10,16,19H,3-8H2,1-2H3,(H2,14,18)(H2,15,17). The van der Waals surface area contributed by atoms with Gasteiger partial charge in [-0.2, -0.15) is 0 Å². The minimum atomic E-state index is -0.313. The van der Waals surface area contributed by atoms with E-state index in [-0.39, 0.29) is 23.1 Å². The SMILES string of the molecule is CC(C)(CCNC1CCC(C(N)=O)CC1)C(N)=NO. The van der Waals surface area contributed by atoms with Crippen molar-refractivity contribution in [1.82, 2.24) is 5.32 Å². The average molecular weight is 270 g/mol. The summed E-state index contributed by atoms with van der Waals surface area (Å²) >= 11 is 0. The van der Waals surface area contributed by atoms with Crippen LogP contribution in [0.15, 0.2) is 5.16 Å². The molecule has 1 aliphatic rings. The molecule has 0 bridgehead atoms. The lowest BCUT2D eigenvalue weighted by Gasteiger charge is -2.29. The zero-order chi connectivity index (χ0) is 14.5. The highest BCUT2D eigenvalue weighted by atomic mass is 16.4. The zero-order valence-corrected chi connectivity index (χ0v) is 11.9. The Labute approximate surface area is 114 Å². The number of carbonyl (C=O) groups is 1. The number of rotatable bonds is 6. The third kappa shape index (κ3) is 4.70. The maximum absolute atomic E-state index is 11.1. The van der Waals surface area contributed by atoms with Crippen LogP contribution in [-0.4, -0.2) is 29.5 Å². The minimum absolute atomic E-state index is 0.0478. The van der Waals surface area contributed by atoms with E-state index in [1.807, 2.05) is 13.8 Å². The van der Waals surface area contributed by atoms with Crippen molar-refractivity contribution >= 4 is 11.7 Å². The van der Waals surface area contributed by atoms with Crippen LogP contribution in [0.2, 0.25) is 0 Å². The van der Waals surface area contributed by atoms with E-state index in [4.69, 9.17) is 16.7 Å². The van der Waals surface area contributed by atoms with Gasteiger partial charge in [0.25, 0.3) is 0 Å². The van der Waals surface area contributed by atoms with Crippen molar-refractivity contribution in [2.75, 3.05) is 6.54 Å². The van der Waals surface area contributed by atoms with E-state index in [0.29, 0.717) is 6.04 Å². The second-order valence-corrected chi connectivity index (χ2v) is 6.02. The minimum Gasteiger partial charge on any atom is -0.409 e. The smallest absolute Gasteiger partial charge is 0.220 e. The van der Waals surface area contributed by atoms with Crippen molar-refractivity contribution in [3.8, 4) is 0 Å². The summed E-state index contributed by atoms with van der Waals surface area (Å²) in [5.74, 6) is 0.130. The molecular formula is C13H26N4O2. The van der Waals surface area contributed by atoms with E-state index in [9.17, 15) is 4.79 Å². The number of hydrogen-bond acceptors (Lipinski definition) is 4. The Hall–Kier alpha value is -1.30. The normalized spacial score (nSPS) is 25.3. The molecule has 110 valence electrons. The molecule has 0 aromatic carbocycles. The first-order valence-electron chi connectivity index (χ1n) is 6.87. The van der Waals surface area contributed by atoms with Gasteiger partial charge in [-0.15, -0.1) is 0 Å². The number of nitrogens with two attached hydrogens (primary N) is 2. The van der Waals surface area contributed by atoms with E-state index >= 15 is 0 Å². The second-order valence-electron chi connectivity index (χ2n) is 6.02. The average Bonchev–Trinajstić information content (AvgIpc) is 2.38. The highest BCUT2D eigenvalue weighted by molar-refractivity contribution is 5.85. The largest absolute Gasteiger partial charge is 0.409 e. The molecule has 1 amide bonds. The van der Waals surface area contributed by atoms with Crippen LogP contribution < -0.4 is 16.8 Å². The molecular weight excluding hydrogens is 244 g/mol. The summed E-state index contributed by atoms with van der Waals surface area (Å²) in [6.45, 7) is 4.72. The Morgan fingerprint density at radius 2 is 1.89 bits per heavy atom. The fourth-order valence-corrected chi connectivity index (χ4v) is 2.43. The zero-order valence-electron chi connectivity index (χ0n) is 11.9. The number of primary amides is 1. The number of amides is 1. The van der Waals surface area contributed by atoms with Crippen LogP contribution in [-0.2, 0) is 4.79 Å². The highest BCUT2D eigenvalue weighted by Crippen LogP contribution is 2.25. The van der Waals surface area contributed by atoms with Crippen molar-refractivity contribution in [2.24, 2.45) is 28.0 Å². The topological polar surface area (TPSA) is 114 Å². The van der Waals surface area contributed by atoms with Gasteiger partial charge < -0.3 is 22.0 Å². The maximum Gasteiger partial charge on any atom is 0.220 e. The molecule has 0 aromatic heterocycles. The molecule has 0 heterocycles.